The van der Waals surface area contributed by atoms with Crippen LogP contribution < -0.4 is 17.7 Å². The standard InChI is InChI=1S/C13H26N2O.ClH/c1-8-13(4,9-10-15(5,6)7)14-12(16)11(2)3;/h2,8-10H2,1,3-7H3;1H. The molecule has 0 radical (unpaired) electrons. The van der Waals surface area contributed by atoms with Crippen molar-refractivity contribution in [3.8, 4) is 0 Å². The van der Waals surface area contributed by atoms with E-state index in [-0.39, 0.29) is 23.9 Å². The molecule has 0 saturated heterocycles. The van der Waals surface area contributed by atoms with Crippen molar-refractivity contribution in [3.63, 3.8) is 0 Å². The number of quaternary nitrogens is 1. The molecule has 0 aromatic rings. The number of amides is 1. The van der Waals surface area contributed by atoms with Crippen LogP contribution in [0.25, 0.3) is 0 Å². The fourth-order valence-corrected chi connectivity index (χ4v) is 1.29. The quantitative estimate of drug-likeness (QED) is 0.480. The molecule has 0 rings (SSSR count). The van der Waals surface area contributed by atoms with Gasteiger partial charge in [-0.15, -0.1) is 0 Å². The van der Waals surface area contributed by atoms with Crippen molar-refractivity contribution in [3.05, 3.63) is 12.2 Å². The van der Waals surface area contributed by atoms with E-state index in [2.05, 4.69) is 46.9 Å². The molecule has 0 aromatic carbocycles. The highest BCUT2D eigenvalue weighted by atomic mass is 35.5. The lowest BCUT2D eigenvalue weighted by Crippen LogP contribution is -3.00. The molecule has 0 aliphatic rings. The molecule has 3 nitrogen and oxygen atoms in total. The molecule has 0 fully saturated rings. The van der Waals surface area contributed by atoms with Gasteiger partial charge in [0.25, 0.3) is 0 Å². The summed E-state index contributed by atoms with van der Waals surface area (Å²) in [6.07, 6.45) is 1.91. The van der Waals surface area contributed by atoms with Gasteiger partial charge in [-0.2, -0.15) is 0 Å². The molecular formula is C13H27ClN2O. The van der Waals surface area contributed by atoms with Crippen LogP contribution in [0.5, 0.6) is 0 Å². The zero-order chi connectivity index (χ0) is 13.0. The van der Waals surface area contributed by atoms with Gasteiger partial charge in [0.2, 0.25) is 5.91 Å². The van der Waals surface area contributed by atoms with Crippen molar-refractivity contribution in [2.75, 3.05) is 27.7 Å². The number of halogens is 1. The third-order valence-corrected chi connectivity index (χ3v) is 2.92. The Morgan fingerprint density at radius 3 is 2.12 bits per heavy atom. The maximum atomic E-state index is 11.6. The topological polar surface area (TPSA) is 29.1 Å². The number of nitrogens with zero attached hydrogens (tertiary/aromatic N) is 1. The summed E-state index contributed by atoms with van der Waals surface area (Å²) in [6, 6.07) is 0. The summed E-state index contributed by atoms with van der Waals surface area (Å²) < 4.78 is 0.915. The molecule has 0 aliphatic carbocycles. The van der Waals surface area contributed by atoms with Crippen molar-refractivity contribution in [1.29, 1.82) is 0 Å². The Labute approximate surface area is 112 Å². The minimum atomic E-state index is -0.123. The van der Waals surface area contributed by atoms with Crippen molar-refractivity contribution in [2.24, 2.45) is 0 Å². The average Bonchev–Trinajstić information content (AvgIpc) is 2.13. The number of carbonyl (C=O) groups is 1. The van der Waals surface area contributed by atoms with E-state index in [1.165, 1.54) is 0 Å². The third kappa shape index (κ3) is 8.22. The van der Waals surface area contributed by atoms with Crippen LogP contribution in [-0.2, 0) is 4.79 Å². The zero-order valence-electron chi connectivity index (χ0n) is 12.1. The summed E-state index contributed by atoms with van der Waals surface area (Å²) in [7, 11) is 6.49. The smallest absolute Gasteiger partial charge is 0.246 e. The second kappa shape index (κ2) is 7.02. The van der Waals surface area contributed by atoms with E-state index in [0.717, 1.165) is 23.9 Å². The average molecular weight is 263 g/mol. The third-order valence-electron chi connectivity index (χ3n) is 2.92. The Balaban J connectivity index is 0. The van der Waals surface area contributed by atoms with Crippen LogP contribution in [-0.4, -0.2) is 43.6 Å². The first-order chi connectivity index (χ1) is 7.09. The molecule has 102 valence electrons. The van der Waals surface area contributed by atoms with E-state index in [4.69, 9.17) is 0 Å². The SMILES string of the molecule is C=C(C)C(=O)NC(C)(CC)CC[N+](C)(C)C.[Cl-]. The molecule has 1 unspecified atom stereocenters. The number of carbonyl (C=O) groups excluding carboxylic acids is 1. The molecule has 0 aliphatic heterocycles. The Morgan fingerprint density at radius 1 is 1.35 bits per heavy atom. The maximum absolute atomic E-state index is 11.6. The molecule has 17 heavy (non-hydrogen) atoms. The van der Waals surface area contributed by atoms with Crippen LogP contribution in [0.2, 0.25) is 0 Å². The second-order valence-electron chi connectivity index (χ2n) is 5.91. The monoisotopic (exact) mass is 262 g/mol. The van der Waals surface area contributed by atoms with E-state index < -0.39 is 0 Å². The summed E-state index contributed by atoms with van der Waals surface area (Å²) in [6.45, 7) is 10.7. The Kier molecular flexibility index (Phi) is 7.77. The van der Waals surface area contributed by atoms with Crippen LogP contribution in [0.1, 0.15) is 33.6 Å². The summed E-state index contributed by atoms with van der Waals surface area (Å²) in [5.74, 6) is -0.0363. The van der Waals surface area contributed by atoms with Gasteiger partial charge in [-0.1, -0.05) is 13.5 Å². The molecule has 0 bridgehead atoms. The Morgan fingerprint density at radius 2 is 1.82 bits per heavy atom. The lowest BCUT2D eigenvalue weighted by Gasteiger charge is -2.33. The van der Waals surface area contributed by atoms with Gasteiger partial charge in [0.1, 0.15) is 0 Å². The fraction of sp³-hybridized carbons (Fsp3) is 0.769. The molecule has 0 aromatic heterocycles. The van der Waals surface area contributed by atoms with Crippen LogP contribution in [0.4, 0.5) is 0 Å². The lowest BCUT2D eigenvalue weighted by atomic mass is 9.93. The van der Waals surface area contributed by atoms with E-state index in [1.54, 1.807) is 6.92 Å². The minimum Gasteiger partial charge on any atom is -1.00 e. The molecule has 4 heteroatoms. The fourth-order valence-electron chi connectivity index (χ4n) is 1.29. The molecule has 1 N–H and O–H groups in total. The predicted molar refractivity (Wildman–Crippen MR) is 69.2 cm³/mol. The maximum Gasteiger partial charge on any atom is 0.246 e. The number of hydrogen-bond acceptors (Lipinski definition) is 1. The van der Waals surface area contributed by atoms with Gasteiger partial charge in [0.15, 0.2) is 0 Å². The molecule has 1 amide bonds. The highest BCUT2D eigenvalue weighted by Crippen LogP contribution is 2.16. The van der Waals surface area contributed by atoms with Gasteiger partial charge >= 0.3 is 0 Å². The largest absolute Gasteiger partial charge is 1.00 e. The van der Waals surface area contributed by atoms with Gasteiger partial charge in [-0.25, -0.2) is 0 Å². The van der Waals surface area contributed by atoms with Crippen molar-refractivity contribution < 1.29 is 21.7 Å². The first kappa shape index (κ1) is 18.8. The van der Waals surface area contributed by atoms with Gasteiger partial charge in [0, 0.05) is 17.5 Å². The van der Waals surface area contributed by atoms with Crippen LogP contribution >= 0.6 is 0 Å². The van der Waals surface area contributed by atoms with Crippen LogP contribution in [0, 0.1) is 0 Å². The summed E-state index contributed by atoms with van der Waals surface area (Å²) in [4.78, 5) is 11.6. The Hall–Kier alpha value is -0.540. The van der Waals surface area contributed by atoms with E-state index in [9.17, 15) is 4.79 Å². The van der Waals surface area contributed by atoms with Gasteiger partial charge in [0.05, 0.1) is 27.7 Å². The number of nitrogens with one attached hydrogen (secondary N) is 1. The molecule has 1 atom stereocenters. The van der Waals surface area contributed by atoms with Crippen molar-refractivity contribution >= 4 is 5.91 Å². The molecule has 0 heterocycles. The molecule has 0 saturated carbocycles. The molecule has 0 spiro atoms. The first-order valence-corrected chi connectivity index (χ1v) is 5.88. The Bertz CT molecular complexity index is 271. The minimum absolute atomic E-state index is 0. The second-order valence-corrected chi connectivity index (χ2v) is 5.91. The van der Waals surface area contributed by atoms with E-state index >= 15 is 0 Å². The highest BCUT2D eigenvalue weighted by molar-refractivity contribution is 5.92. The van der Waals surface area contributed by atoms with Crippen molar-refractivity contribution in [1.82, 2.24) is 5.32 Å². The molecular weight excluding hydrogens is 236 g/mol. The lowest BCUT2D eigenvalue weighted by molar-refractivity contribution is -0.871. The highest BCUT2D eigenvalue weighted by Gasteiger charge is 2.26. The summed E-state index contributed by atoms with van der Waals surface area (Å²) >= 11 is 0. The first-order valence-electron chi connectivity index (χ1n) is 5.88. The van der Waals surface area contributed by atoms with Gasteiger partial charge in [-0.05, 0) is 20.3 Å². The van der Waals surface area contributed by atoms with Gasteiger partial charge in [-0.3, -0.25) is 4.79 Å². The van der Waals surface area contributed by atoms with Crippen LogP contribution in [0.15, 0.2) is 12.2 Å². The van der Waals surface area contributed by atoms with Gasteiger partial charge < -0.3 is 22.2 Å². The summed E-state index contributed by atoms with van der Waals surface area (Å²) in [5.41, 5.74) is 0.451. The summed E-state index contributed by atoms with van der Waals surface area (Å²) in [5, 5.41) is 3.07. The van der Waals surface area contributed by atoms with Crippen LogP contribution in [0.3, 0.4) is 0 Å². The zero-order valence-corrected chi connectivity index (χ0v) is 12.8. The number of hydrogen-bond donors (Lipinski definition) is 1. The normalized spacial score (nSPS) is 14.5. The van der Waals surface area contributed by atoms with E-state index in [1.807, 2.05) is 0 Å². The predicted octanol–water partition coefficient (Wildman–Crippen LogP) is -1.05. The number of rotatable bonds is 6. The van der Waals surface area contributed by atoms with E-state index in [0.29, 0.717) is 5.57 Å². The van der Waals surface area contributed by atoms with Crippen molar-refractivity contribution in [2.45, 2.75) is 39.2 Å².